The number of halogens is 2. The molecule has 0 spiro atoms. The van der Waals surface area contributed by atoms with Gasteiger partial charge in [-0.15, -0.1) is 0 Å². The van der Waals surface area contributed by atoms with E-state index in [2.05, 4.69) is 15.0 Å². The highest BCUT2D eigenvalue weighted by Gasteiger charge is 2.21. The lowest BCUT2D eigenvalue weighted by atomic mass is 10.0. The third-order valence-electron chi connectivity index (χ3n) is 4.92. The second-order valence-electron chi connectivity index (χ2n) is 6.95. The second kappa shape index (κ2) is 10.2. The van der Waals surface area contributed by atoms with Gasteiger partial charge >= 0.3 is 0 Å². The number of nitrogens with one attached hydrogen (secondary N) is 1. The Labute approximate surface area is 183 Å². The van der Waals surface area contributed by atoms with Gasteiger partial charge in [0.1, 0.15) is 5.65 Å². The van der Waals surface area contributed by atoms with Crippen LogP contribution in [0.15, 0.2) is 35.7 Å². The van der Waals surface area contributed by atoms with Crippen molar-refractivity contribution in [2.24, 2.45) is 10.7 Å². The Morgan fingerprint density at radius 2 is 1.94 bits per heavy atom. The summed E-state index contributed by atoms with van der Waals surface area (Å²) in [5.74, 6) is -1.85. The van der Waals surface area contributed by atoms with Crippen molar-refractivity contribution in [2.45, 2.75) is 12.5 Å². The van der Waals surface area contributed by atoms with Crippen molar-refractivity contribution in [3.63, 3.8) is 0 Å². The number of ether oxygens (including phenoxy) is 2. The third-order valence-corrected chi connectivity index (χ3v) is 4.92. The van der Waals surface area contributed by atoms with Crippen molar-refractivity contribution >= 4 is 22.8 Å². The van der Waals surface area contributed by atoms with Crippen molar-refractivity contribution in [3.05, 3.63) is 59.1 Å². The zero-order valence-electron chi connectivity index (χ0n) is 17.6. The van der Waals surface area contributed by atoms with Gasteiger partial charge in [-0.2, -0.15) is 0 Å². The summed E-state index contributed by atoms with van der Waals surface area (Å²) in [7, 11) is 2.59. The molecule has 2 aromatic heterocycles. The number of nitrogens with zero attached hydrogens (tertiary/aromatic N) is 2. The van der Waals surface area contributed by atoms with Gasteiger partial charge in [-0.3, -0.25) is 4.99 Å². The van der Waals surface area contributed by atoms with Gasteiger partial charge in [0.2, 0.25) is 0 Å². The standard InChI is InChI=1S/C22H24F2N4O4/c1-31-18-5-19(32-2)21(24)17(20(18)23)4-13-9-28-22-16(13)3-12(8-27-22)14(6-25)7-26-10-15(30)11-29/h3,5-9,15,29-30H,4,10-11,25H2,1-2H3,(H,27,28)/b14-6+,26-7?. The minimum Gasteiger partial charge on any atom is -0.494 e. The van der Waals surface area contributed by atoms with Gasteiger partial charge in [0, 0.05) is 59.4 Å². The van der Waals surface area contributed by atoms with E-state index in [4.69, 9.17) is 20.3 Å². The molecule has 0 aliphatic carbocycles. The van der Waals surface area contributed by atoms with Crippen LogP contribution in [0.4, 0.5) is 8.78 Å². The number of pyridine rings is 1. The molecule has 0 saturated heterocycles. The predicted octanol–water partition coefficient (Wildman–Crippen LogP) is 2.17. The molecular formula is C22H24F2N4O4. The first-order valence-electron chi connectivity index (χ1n) is 9.69. The molecule has 0 fully saturated rings. The van der Waals surface area contributed by atoms with Crippen LogP contribution in [0.1, 0.15) is 16.7 Å². The number of H-pyrrole nitrogens is 1. The molecule has 3 aromatic rings. The lowest BCUT2D eigenvalue weighted by Gasteiger charge is -2.12. The summed E-state index contributed by atoms with van der Waals surface area (Å²) in [5, 5.41) is 18.9. The number of benzene rings is 1. The minimum atomic E-state index is -0.966. The SMILES string of the molecule is COc1cc(OC)c(F)c(Cc2c[nH]c3ncc(/C(C=NCC(O)CO)=C/N)cc23)c1F. The van der Waals surface area contributed by atoms with Crippen molar-refractivity contribution in [1.29, 1.82) is 0 Å². The number of hydrogen-bond acceptors (Lipinski definition) is 7. The molecule has 10 heteroatoms. The molecule has 0 amide bonds. The fourth-order valence-electron chi connectivity index (χ4n) is 3.19. The van der Waals surface area contributed by atoms with E-state index < -0.39 is 24.3 Å². The van der Waals surface area contributed by atoms with E-state index in [9.17, 15) is 13.9 Å². The van der Waals surface area contributed by atoms with E-state index in [-0.39, 0.29) is 30.0 Å². The van der Waals surface area contributed by atoms with Crippen molar-refractivity contribution < 1.29 is 28.5 Å². The number of aromatic amines is 1. The summed E-state index contributed by atoms with van der Waals surface area (Å²) in [5.41, 5.74) is 7.80. The maximum absolute atomic E-state index is 14.8. The normalized spacial score (nSPS) is 13.1. The third kappa shape index (κ3) is 4.71. The number of aliphatic hydroxyl groups excluding tert-OH is 2. The minimum absolute atomic E-state index is 0.00907. The van der Waals surface area contributed by atoms with Crippen molar-refractivity contribution in [2.75, 3.05) is 27.4 Å². The van der Waals surface area contributed by atoms with Crippen LogP contribution >= 0.6 is 0 Å². The van der Waals surface area contributed by atoms with Crippen molar-refractivity contribution in [3.8, 4) is 11.5 Å². The average molecular weight is 446 g/mol. The Morgan fingerprint density at radius 3 is 2.53 bits per heavy atom. The van der Waals surface area contributed by atoms with Crippen LogP contribution in [0.5, 0.6) is 11.5 Å². The number of methoxy groups -OCH3 is 2. The molecule has 0 aliphatic rings. The van der Waals surface area contributed by atoms with Crippen LogP contribution in [0.25, 0.3) is 16.6 Å². The molecule has 1 unspecified atom stereocenters. The van der Waals surface area contributed by atoms with Gasteiger partial charge in [0.05, 0.1) is 33.5 Å². The number of hydrogen-bond donors (Lipinski definition) is 4. The molecule has 1 atom stereocenters. The molecule has 0 bridgehead atoms. The molecule has 170 valence electrons. The molecular weight excluding hydrogens is 422 g/mol. The molecule has 0 aliphatic heterocycles. The Kier molecular flexibility index (Phi) is 7.39. The molecule has 5 N–H and O–H groups in total. The monoisotopic (exact) mass is 446 g/mol. The quantitative estimate of drug-likeness (QED) is 0.373. The Morgan fingerprint density at radius 1 is 1.25 bits per heavy atom. The Hall–Kier alpha value is -3.50. The van der Waals surface area contributed by atoms with Crippen LogP contribution in [0.2, 0.25) is 0 Å². The number of allylic oxidation sites excluding steroid dienone is 1. The van der Waals surface area contributed by atoms with Gasteiger partial charge < -0.3 is 30.4 Å². The van der Waals surface area contributed by atoms with Gasteiger partial charge in [-0.25, -0.2) is 13.8 Å². The fraction of sp³-hybridized carbons (Fsp3) is 0.273. The summed E-state index contributed by atoms with van der Waals surface area (Å²) in [6, 6.07) is 2.93. The van der Waals surface area contributed by atoms with E-state index in [1.54, 1.807) is 18.5 Å². The number of aromatic nitrogens is 2. The summed E-state index contributed by atoms with van der Waals surface area (Å²) in [6.07, 6.45) is 4.95. The highest BCUT2D eigenvalue weighted by atomic mass is 19.1. The van der Waals surface area contributed by atoms with Gasteiger partial charge in [0.25, 0.3) is 0 Å². The maximum Gasteiger partial charge on any atom is 0.171 e. The number of aliphatic hydroxyl groups is 2. The molecule has 3 rings (SSSR count). The highest BCUT2D eigenvalue weighted by molar-refractivity contribution is 6.10. The maximum atomic E-state index is 14.8. The molecule has 0 saturated carbocycles. The topological polar surface area (TPSA) is 126 Å². The molecule has 32 heavy (non-hydrogen) atoms. The second-order valence-corrected chi connectivity index (χ2v) is 6.95. The van der Waals surface area contributed by atoms with Crippen LogP contribution in [0, 0.1) is 11.6 Å². The molecule has 1 aromatic carbocycles. The van der Waals surface area contributed by atoms with Crippen LogP contribution in [-0.4, -0.2) is 59.9 Å². The fourth-order valence-corrected chi connectivity index (χ4v) is 3.19. The highest BCUT2D eigenvalue weighted by Crippen LogP contribution is 2.34. The number of fused-ring (bicyclic) bond motifs is 1. The summed E-state index contributed by atoms with van der Waals surface area (Å²) in [6.45, 7) is -0.392. The number of nitrogens with two attached hydrogens (primary N) is 1. The van der Waals surface area contributed by atoms with Crippen LogP contribution in [-0.2, 0) is 6.42 Å². The number of rotatable bonds is 9. The van der Waals surface area contributed by atoms with Crippen molar-refractivity contribution in [1.82, 2.24) is 9.97 Å². The lowest BCUT2D eigenvalue weighted by molar-refractivity contribution is 0.102. The van der Waals surface area contributed by atoms with E-state index in [1.807, 2.05) is 0 Å². The molecule has 8 nitrogen and oxygen atoms in total. The zero-order chi connectivity index (χ0) is 23.3. The first-order valence-corrected chi connectivity index (χ1v) is 9.69. The molecule has 2 heterocycles. The number of aliphatic imine (C=N–C) groups is 1. The van der Waals surface area contributed by atoms with E-state index in [0.29, 0.717) is 27.7 Å². The smallest absolute Gasteiger partial charge is 0.171 e. The van der Waals surface area contributed by atoms with Gasteiger partial charge in [-0.05, 0) is 11.6 Å². The average Bonchev–Trinajstić information content (AvgIpc) is 3.21. The Balaban J connectivity index is 1.99. The summed E-state index contributed by atoms with van der Waals surface area (Å²) in [4.78, 5) is 11.4. The zero-order valence-corrected chi connectivity index (χ0v) is 17.6. The predicted molar refractivity (Wildman–Crippen MR) is 117 cm³/mol. The first kappa shape index (κ1) is 23.2. The lowest BCUT2D eigenvalue weighted by Crippen LogP contribution is -2.15. The van der Waals surface area contributed by atoms with Crippen LogP contribution < -0.4 is 15.2 Å². The summed E-state index contributed by atoms with van der Waals surface area (Å²) < 4.78 is 39.6. The van der Waals surface area contributed by atoms with E-state index >= 15 is 0 Å². The molecule has 0 radical (unpaired) electrons. The largest absolute Gasteiger partial charge is 0.494 e. The van der Waals surface area contributed by atoms with Crippen LogP contribution in [0.3, 0.4) is 0 Å². The van der Waals surface area contributed by atoms with Gasteiger partial charge in [-0.1, -0.05) is 0 Å². The van der Waals surface area contributed by atoms with E-state index in [0.717, 1.165) is 6.07 Å². The summed E-state index contributed by atoms with van der Waals surface area (Å²) >= 11 is 0. The first-order chi connectivity index (χ1) is 15.4. The van der Waals surface area contributed by atoms with Gasteiger partial charge in [0.15, 0.2) is 23.1 Å². The van der Waals surface area contributed by atoms with E-state index in [1.165, 1.54) is 26.6 Å². The Bertz CT molecular complexity index is 1130.